The Balaban J connectivity index is 1.77. The maximum atomic E-state index is 12.7. The number of halogens is 1. The quantitative estimate of drug-likeness (QED) is 0.766. The largest absolute Gasteiger partial charge is 0.495 e. The zero-order valence-electron chi connectivity index (χ0n) is 16.4. The van der Waals surface area contributed by atoms with Crippen LogP contribution in [0.15, 0.2) is 36.4 Å². The smallest absolute Gasteiger partial charge is 0.323 e. The Morgan fingerprint density at radius 1 is 1.11 bits per heavy atom. The molecule has 2 aromatic carbocycles. The van der Waals surface area contributed by atoms with Gasteiger partial charge in [-0.2, -0.15) is 0 Å². The number of carbonyl (C=O) groups excluding carboxylic acids is 2. The number of benzene rings is 2. The van der Waals surface area contributed by atoms with E-state index in [9.17, 15) is 9.59 Å². The summed E-state index contributed by atoms with van der Waals surface area (Å²) in [4.78, 5) is 26.9. The maximum absolute atomic E-state index is 12.7. The van der Waals surface area contributed by atoms with Crippen LogP contribution in [0.5, 0.6) is 5.75 Å². The average molecular weight is 402 g/mol. The molecule has 1 aliphatic rings. The SMILES string of the molecule is COc1ccc(Cl)cc1NC(=O)Nc1ccc2c(c1)N(C(=O)C(C)(C)C)CC2. The summed E-state index contributed by atoms with van der Waals surface area (Å²) < 4.78 is 5.24. The van der Waals surface area contributed by atoms with E-state index >= 15 is 0 Å². The number of urea groups is 1. The van der Waals surface area contributed by atoms with Crippen LogP contribution in [0.1, 0.15) is 26.3 Å². The van der Waals surface area contributed by atoms with Crippen molar-refractivity contribution in [2.45, 2.75) is 27.2 Å². The summed E-state index contributed by atoms with van der Waals surface area (Å²) in [5, 5.41) is 6.03. The monoisotopic (exact) mass is 401 g/mol. The van der Waals surface area contributed by atoms with E-state index < -0.39 is 11.4 Å². The van der Waals surface area contributed by atoms with Gasteiger partial charge in [0.1, 0.15) is 5.75 Å². The Morgan fingerprint density at radius 3 is 2.54 bits per heavy atom. The molecule has 0 fully saturated rings. The third kappa shape index (κ3) is 4.22. The molecule has 0 radical (unpaired) electrons. The molecule has 3 amide bonds. The molecule has 0 saturated heterocycles. The number of rotatable bonds is 3. The number of hydrogen-bond acceptors (Lipinski definition) is 3. The van der Waals surface area contributed by atoms with E-state index in [0.717, 1.165) is 17.7 Å². The van der Waals surface area contributed by atoms with Crippen LogP contribution >= 0.6 is 11.6 Å². The van der Waals surface area contributed by atoms with Crippen LogP contribution in [0.2, 0.25) is 5.02 Å². The topological polar surface area (TPSA) is 70.7 Å². The Labute approximate surface area is 169 Å². The second kappa shape index (κ2) is 7.72. The highest BCUT2D eigenvalue weighted by Crippen LogP contribution is 2.34. The van der Waals surface area contributed by atoms with Crippen LogP contribution in [0.25, 0.3) is 0 Å². The number of carbonyl (C=O) groups is 2. The van der Waals surface area contributed by atoms with Gasteiger partial charge < -0.3 is 20.3 Å². The average Bonchev–Trinajstić information content (AvgIpc) is 3.03. The number of ether oxygens (including phenoxy) is 1. The summed E-state index contributed by atoms with van der Waals surface area (Å²) in [6, 6.07) is 10.2. The minimum absolute atomic E-state index is 0.0662. The van der Waals surface area contributed by atoms with Gasteiger partial charge in [0.25, 0.3) is 0 Å². The predicted octanol–water partition coefficient (Wildman–Crippen LogP) is 4.93. The highest BCUT2D eigenvalue weighted by atomic mass is 35.5. The number of nitrogens with one attached hydrogen (secondary N) is 2. The van der Waals surface area contributed by atoms with Crippen LogP contribution in [0.3, 0.4) is 0 Å². The lowest BCUT2D eigenvalue weighted by Crippen LogP contribution is -2.38. The summed E-state index contributed by atoms with van der Waals surface area (Å²) in [6.45, 7) is 6.37. The number of nitrogens with zero attached hydrogens (tertiary/aromatic N) is 1. The van der Waals surface area contributed by atoms with E-state index in [4.69, 9.17) is 16.3 Å². The van der Waals surface area contributed by atoms with Crippen molar-refractivity contribution in [2.24, 2.45) is 5.41 Å². The summed E-state index contributed by atoms with van der Waals surface area (Å²) in [5.41, 5.74) is 2.55. The molecule has 0 aliphatic carbocycles. The molecule has 0 aromatic heterocycles. The number of amides is 3. The molecule has 148 valence electrons. The molecule has 7 heteroatoms. The Morgan fingerprint density at radius 2 is 1.86 bits per heavy atom. The Hall–Kier alpha value is -2.73. The number of hydrogen-bond donors (Lipinski definition) is 2. The van der Waals surface area contributed by atoms with Crippen LogP contribution < -0.4 is 20.3 Å². The summed E-state index contributed by atoms with van der Waals surface area (Å²) >= 11 is 6.00. The standard InChI is InChI=1S/C21H24ClN3O3/c1-21(2,3)19(26)25-10-9-13-5-7-15(12-17(13)25)23-20(27)24-16-11-14(22)6-8-18(16)28-4/h5-8,11-12H,9-10H2,1-4H3,(H2,23,24,27). The van der Waals surface area contributed by atoms with Gasteiger partial charge in [-0.3, -0.25) is 4.79 Å². The second-order valence-corrected chi connectivity index (χ2v) is 8.16. The third-order valence-corrected chi connectivity index (χ3v) is 4.77. The van der Waals surface area contributed by atoms with E-state index in [1.54, 1.807) is 23.1 Å². The van der Waals surface area contributed by atoms with Crippen molar-refractivity contribution in [2.75, 3.05) is 29.2 Å². The summed E-state index contributed by atoms with van der Waals surface area (Å²) in [6.07, 6.45) is 0.809. The molecule has 0 spiro atoms. The van der Waals surface area contributed by atoms with Gasteiger partial charge in [0.05, 0.1) is 12.8 Å². The minimum atomic E-state index is -0.467. The molecular weight excluding hydrogens is 378 g/mol. The normalized spacial score (nSPS) is 13.1. The molecule has 6 nitrogen and oxygen atoms in total. The van der Waals surface area contributed by atoms with E-state index in [2.05, 4.69) is 10.6 Å². The van der Waals surface area contributed by atoms with E-state index in [1.165, 1.54) is 7.11 Å². The molecular formula is C21H24ClN3O3. The van der Waals surface area contributed by atoms with Crippen molar-refractivity contribution >= 4 is 40.6 Å². The fourth-order valence-corrected chi connectivity index (χ4v) is 3.31. The molecule has 0 bridgehead atoms. The molecule has 0 saturated carbocycles. The number of fused-ring (bicyclic) bond motifs is 1. The highest BCUT2D eigenvalue weighted by molar-refractivity contribution is 6.31. The van der Waals surface area contributed by atoms with Gasteiger partial charge in [0, 0.05) is 28.4 Å². The van der Waals surface area contributed by atoms with Crippen LogP contribution in [0.4, 0.5) is 21.9 Å². The first-order valence-electron chi connectivity index (χ1n) is 9.05. The molecule has 1 heterocycles. The zero-order chi connectivity index (χ0) is 20.5. The Bertz CT molecular complexity index is 922. The van der Waals surface area contributed by atoms with Gasteiger partial charge >= 0.3 is 6.03 Å². The number of anilines is 3. The van der Waals surface area contributed by atoms with Gasteiger partial charge in [-0.1, -0.05) is 38.4 Å². The predicted molar refractivity (Wildman–Crippen MR) is 113 cm³/mol. The minimum Gasteiger partial charge on any atom is -0.495 e. The lowest BCUT2D eigenvalue weighted by Gasteiger charge is -2.26. The van der Waals surface area contributed by atoms with Crippen molar-refractivity contribution in [3.05, 3.63) is 47.0 Å². The third-order valence-electron chi connectivity index (χ3n) is 4.54. The molecule has 2 N–H and O–H groups in total. The van der Waals surface area contributed by atoms with Crippen LogP contribution in [0, 0.1) is 5.41 Å². The Kier molecular flexibility index (Phi) is 5.52. The first kappa shape index (κ1) is 20.0. The van der Waals surface area contributed by atoms with Crippen molar-refractivity contribution in [3.63, 3.8) is 0 Å². The summed E-state index contributed by atoms with van der Waals surface area (Å²) in [5.74, 6) is 0.576. The second-order valence-electron chi connectivity index (χ2n) is 7.72. The van der Waals surface area contributed by atoms with Crippen LogP contribution in [-0.4, -0.2) is 25.6 Å². The van der Waals surface area contributed by atoms with Gasteiger partial charge in [-0.25, -0.2) is 4.79 Å². The highest BCUT2D eigenvalue weighted by Gasteiger charge is 2.32. The first-order valence-corrected chi connectivity index (χ1v) is 9.43. The molecule has 28 heavy (non-hydrogen) atoms. The maximum Gasteiger partial charge on any atom is 0.323 e. The fraction of sp³-hybridized carbons (Fsp3) is 0.333. The van der Waals surface area contributed by atoms with E-state index in [-0.39, 0.29) is 5.91 Å². The van der Waals surface area contributed by atoms with Gasteiger partial charge in [-0.05, 0) is 42.3 Å². The molecule has 0 atom stereocenters. The number of methoxy groups -OCH3 is 1. The van der Waals surface area contributed by atoms with Crippen molar-refractivity contribution in [3.8, 4) is 5.75 Å². The van der Waals surface area contributed by atoms with Gasteiger partial charge in [0.2, 0.25) is 5.91 Å². The van der Waals surface area contributed by atoms with Crippen LogP contribution in [-0.2, 0) is 11.2 Å². The molecule has 2 aromatic rings. The fourth-order valence-electron chi connectivity index (χ4n) is 3.14. The molecule has 0 unspecified atom stereocenters. The lowest BCUT2D eigenvalue weighted by molar-refractivity contribution is -0.125. The summed E-state index contributed by atoms with van der Waals surface area (Å²) in [7, 11) is 1.52. The van der Waals surface area contributed by atoms with Crippen molar-refractivity contribution < 1.29 is 14.3 Å². The first-order chi connectivity index (χ1) is 13.2. The molecule has 3 rings (SSSR count). The van der Waals surface area contributed by atoms with Gasteiger partial charge in [0.15, 0.2) is 0 Å². The molecule has 1 aliphatic heterocycles. The van der Waals surface area contributed by atoms with Gasteiger partial charge in [-0.15, -0.1) is 0 Å². The van der Waals surface area contributed by atoms with Crippen molar-refractivity contribution in [1.82, 2.24) is 0 Å². The van der Waals surface area contributed by atoms with Crippen molar-refractivity contribution in [1.29, 1.82) is 0 Å². The zero-order valence-corrected chi connectivity index (χ0v) is 17.2. The van der Waals surface area contributed by atoms with E-state index in [0.29, 0.717) is 28.7 Å². The lowest BCUT2D eigenvalue weighted by atomic mass is 9.94. The van der Waals surface area contributed by atoms with E-state index in [1.807, 2.05) is 39.0 Å².